The molecule has 0 bridgehead atoms. The number of aliphatic hydroxyl groups excluding tert-OH is 1. The average molecular weight is 441 g/mol. The number of carboxylic acid groups (broad SMARTS) is 1. The largest absolute Gasteiger partial charge is 0.512 e. The van der Waals surface area contributed by atoms with Crippen LogP contribution in [0, 0.1) is 5.82 Å². The van der Waals surface area contributed by atoms with Crippen LogP contribution in [0.5, 0.6) is 0 Å². The molecule has 2 atom stereocenters. The van der Waals surface area contributed by atoms with E-state index >= 15 is 0 Å². The lowest BCUT2D eigenvalue weighted by Gasteiger charge is -2.37. The van der Waals surface area contributed by atoms with Crippen LogP contribution in [0.1, 0.15) is 74.0 Å². The number of hydrogen-bond donors (Lipinski definition) is 2. The molecule has 172 valence electrons. The van der Waals surface area contributed by atoms with E-state index in [9.17, 15) is 19.4 Å². The maximum atomic E-state index is 14.3. The third-order valence-corrected chi connectivity index (χ3v) is 5.91. The van der Waals surface area contributed by atoms with Gasteiger partial charge in [-0.3, -0.25) is 0 Å². The Morgan fingerprint density at radius 3 is 2.53 bits per heavy atom. The zero-order valence-corrected chi connectivity index (χ0v) is 19.3. The fourth-order valence-electron chi connectivity index (χ4n) is 3.89. The minimum Gasteiger partial charge on any atom is -0.512 e. The zero-order chi connectivity index (χ0) is 23.9. The van der Waals surface area contributed by atoms with E-state index < -0.39 is 17.4 Å². The Hall–Kier alpha value is -2.92. The summed E-state index contributed by atoms with van der Waals surface area (Å²) in [4.78, 5) is 11.3. The summed E-state index contributed by atoms with van der Waals surface area (Å²) in [7, 11) is 0. The standard InChI is InChI=1S/C27H33FO4/c1-6-10-23(8-3)32-27(5,24-17-22(28)14-13-20(24)7-2)18(4)25(29)16-19-11-9-12-21(15-19)26(30)31/h7,9,11-15,17,23,29H,2,6,8,10,16H2,1,3-5H3,(H,30,31). The maximum absolute atomic E-state index is 14.3. The second-order valence-corrected chi connectivity index (χ2v) is 8.16. The summed E-state index contributed by atoms with van der Waals surface area (Å²) >= 11 is 0. The predicted molar refractivity (Wildman–Crippen MR) is 126 cm³/mol. The lowest BCUT2D eigenvalue weighted by atomic mass is 9.83. The van der Waals surface area contributed by atoms with Gasteiger partial charge in [0, 0.05) is 12.0 Å². The van der Waals surface area contributed by atoms with Gasteiger partial charge in [0.25, 0.3) is 0 Å². The van der Waals surface area contributed by atoms with Crippen molar-refractivity contribution in [2.45, 2.75) is 65.1 Å². The molecule has 0 amide bonds. The van der Waals surface area contributed by atoms with Crippen LogP contribution < -0.4 is 0 Å². The van der Waals surface area contributed by atoms with Gasteiger partial charge in [0.15, 0.2) is 0 Å². The second-order valence-electron chi connectivity index (χ2n) is 8.16. The summed E-state index contributed by atoms with van der Waals surface area (Å²) in [5.74, 6) is -1.37. The van der Waals surface area contributed by atoms with E-state index in [0.29, 0.717) is 16.7 Å². The number of hydrogen-bond acceptors (Lipinski definition) is 3. The van der Waals surface area contributed by atoms with Crippen molar-refractivity contribution in [2.75, 3.05) is 0 Å². The topological polar surface area (TPSA) is 66.8 Å². The third kappa shape index (κ3) is 5.86. The van der Waals surface area contributed by atoms with E-state index in [4.69, 9.17) is 4.74 Å². The zero-order valence-electron chi connectivity index (χ0n) is 19.3. The molecule has 5 heteroatoms. The summed E-state index contributed by atoms with van der Waals surface area (Å²) in [6, 6.07) is 10.9. The van der Waals surface area contributed by atoms with Crippen LogP contribution in [-0.4, -0.2) is 22.3 Å². The number of rotatable bonds is 11. The Kier molecular flexibility index (Phi) is 8.79. The number of carbonyl (C=O) groups is 1. The fraction of sp³-hybridized carbons (Fsp3) is 0.370. The fourth-order valence-corrected chi connectivity index (χ4v) is 3.89. The maximum Gasteiger partial charge on any atom is 0.335 e. The van der Waals surface area contributed by atoms with Crippen molar-refractivity contribution in [1.82, 2.24) is 0 Å². The summed E-state index contributed by atoms with van der Waals surface area (Å²) in [5.41, 5.74) is 1.57. The second kappa shape index (κ2) is 11.1. The number of benzene rings is 2. The monoisotopic (exact) mass is 440 g/mol. The highest BCUT2D eigenvalue weighted by molar-refractivity contribution is 5.87. The third-order valence-electron chi connectivity index (χ3n) is 5.91. The van der Waals surface area contributed by atoms with Gasteiger partial charge in [0.05, 0.1) is 17.4 Å². The van der Waals surface area contributed by atoms with E-state index in [1.54, 1.807) is 31.2 Å². The van der Waals surface area contributed by atoms with Gasteiger partial charge in [-0.15, -0.1) is 0 Å². The number of ether oxygens (including phenoxy) is 1. The van der Waals surface area contributed by atoms with E-state index in [-0.39, 0.29) is 23.8 Å². The van der Waals surface area contributed by atoms with Crippen LogP contribution in [-0.2, 0) is 16.8 Å². The van der Waals surface area contributed by atoms with Crippen LogP contribution in [0.15, 0.2) is 60.4 Å². The lowest BCUT2D eigenvalue weighted by Crippen LogP contribution is -2.34. The van der Waals surface area contributed by atoms with E-state index in [2.05, 4.69) is 13.5 Å². The first kappa shape index (κ1) is 25.3. The Bertz CT molecular complexity index is 995. The Balaban J connectivity index is 2.59. The predicted octanol–water partition coefficient (Wildman–Crippen LogP) is 7.05. The first-order valence-corrected chi connectivity index (χ1v) is 11.0. The quantitative estimate of drug-likeness (QED) is 0.367. The van der Waals surface area contributed by atoms with Gasteiger partial charge < -0.3 is 14.9 Å². The molecule has 2 N–H and O–H groups in total. The molecule has 0 aliphatic rings. The average Bonchev–Trinajstić information content (AvgIpc) is 2.78. The summed E-state index contributed by atoms with van der Waals surface area (Å²) in [6.45, 7) is 11.6. The molecule has 0 spiro atoms. The minimum absolute atomic E-state index is 0.0562. The van der Waals surface area contributed by atoms with Gasteiger partial charge in [0.1, 0.15) is 11.4 Å². The van der Waals surface area contributed by atoms with Crippen molar-refractivity contribution in [3.8, 4) is 0 Å². The molecule has 0 saturated carbocycles. The summed E-state index contributed by atoms with van der Waals surface area (Å²) < 4.78 is 20.9. The number of carboxylic acids is 1. The first-order chi connectivity index (χ1) is 15.2. The van der Waals surface area contributed by atoms with Crippen molar-refractivity contribution >= 4 is 12.0 Å². The summed E-state index contributed by atoms with van der Waals surface area (Å²) in [5, 5.41) is 20.3. The van der Waals surface area contributed by atoms with Crippen LogP contribution >= 0.6 is 0 Å². The van der Waals surface area contributed by atoms with Gasteiger partial charge in [0.2, 0.25) is 0 Å². The van der Waals surface area contributed by atoms with E-state index in [1.165, 1.54) is 24.3 Å². The van der Waals surface area contributed by atoms with Crippen LogP contribution in [0.3, 0.4) is 0 Å². The van der Waals surface area contributed by atoms with Crippen molar-refractivity contribution in [2.24, 2.45) is 0 Å². The Morgan fingerprint density at radius 1 is 1.22 bits per heavy atom. The molecule has 2 aromatic carbocycles. The Morgan fingerprint density at radius 2 is 1.94 bits per heavy atom. The minimum atomic E-state index is -1.10. The van der Waals surface area contributed by atoms with Crippen LogP contribution in [0.25, 0.3) is 6.08 Å². The number of allylic oxidation sites excluding steroid dienone is 1. The molecule has 32 heavy (non-hydrogen) atoms. The van der Waals surface area contributed by atoms with Gasteiger partial charge in [-0.05, 0) is 67.6 Å². The van der Waals surface area contributed by atoms with Gasteiger partial charge >= 0.3 is 5.97 Å². The molecule has 0 saturated heterocycles. The van der Waals surface area contributed by atoms with Gasteiger partial charge in [-0.2, -0.15) is 0 Å². The van der Waals surface area contributed by atoms with Crippen LogP contribution in [0.4, 0.5) is 4.39 Å². The van der Waals surface area contributed by atoms with Crippen molar-refractivity contribution in [3.05, 3.63) is 88.4 Å². The number of aliphatic hydroxyl groups is 1. The molecule has 0 fully saturated rings. The van der Waals surface area contributed by atoms with Gasteiger partial charge in [-0.1, -0.05) is 51.1 Å². The molecule has 2 unspecified atom stereocenters. The van der Waals surface area contributed by atoms with Crippen LogP contribution in [0.2, 0.25) is 0 Å². The molecular weight excluding hydrogens is 407 g/mol. The van der Waals surface area contributed by atoms with E-state index in [0.717, 1.165) is 24.8 Å². The normalized spacial score (nSPS) is 14.9. The Labute approximate surface area is 190 Å². The lowest BCUT2D eigenvalue weighted by molar-refractivity contribution is -0.0710. The molecular formula is C27H33FO4. The molecule has 2 aromatic rings. The van der Waals surface area contributed by atoms with Gasteiger partial charge in [-0.25, -0.2) is 9.18 Å². The van der Waals surface area contributed by atoms with E-state index in [1.807, 2.05) is 13.8 Å². The molecule has 0 heterocycles. The SMILES string of the molecule is C=Cc1ccc(F)cc1C(C)(OC(CC)CCC)C(C)=C(O)Cc1cccc(C(=O)O)c1. The summed E-state index contributed by atoms with van der Waals surface area (Å²) in [6.07, 6.45) is 4.25. The molecule has 0 aromatic heterocycles. The smallest absolute Gasteiger partial charge is 0.335 e. The molecule has 0 aliphatic carbocycles. The molecule has 2 rings (SSSR count). The number of halogens is 1. The van der Waals surface area contributed by atoms with Crippen molar-refractivity contribution in [3.63, 3.8) is 0 Å². The first-order valence-electron chi connectivity index (χ1n) is 11.0. The molecule has 0 aliphatic heterocycles. The number of aromatic carboxylic acids is 1. The molecule has 4 nitrogen and oxygen atoms in total. The highest BCUT2D eigenvalue weighted by atomic mass is 19.1. The highest BCUT2D eigenvalue weighted by Crippen LogP contribution is 2.40. The highest BCUT2D eigenvalue weighted by Gasteiger charge is 2.36. The van der Waals surface area contributed by atoms with Crippen molar-refractivity contribution in [1.29, 1.82) is 0 Å². The molecule has 0 radical (unpaired) electrons. The van der Waals surface area contributed by atoms with Crippen molar-refractivity contribution < 1.29 is 24.1 Å².